The predicted molar refractivity (Wildman–Crippen MR) is 105 cm³/mol. The van der Waals surface area contributed by atoms with Gasteiger partial charge >= 0.3 is 18.0 Å². The fourth-order valence-electron chi connectivity index (χ4n) is 4.11. The first-order chi connectivity index (χ1) is 14.0. The lowest BCUT2D eigenvalue weighted by Crippen LogP contribution is -2.39. The molecule has 1 heterocycles. The molecule has 0 bridgehead atoms. The second-order valence-corrected chi connectivity index (χ2v) is 7.93. The van der Waals surface area contributed by atoms with Crippen LogP contribution >= 0.6 is 0 Å². The van der Waals surface area contributed by atoms with Crippen molar-refractivity contribution < 1.29 is 29.0 Å². The summed E-state index contributed by atoms with van der Waals surface area (Å²) >= 11 is 0. The summed E-state index contributed by atoms with van der Waals surface area (Å²) in [4.78, 5) is 35.9. The van der Waals surface area contributed by atoms with E-state index in [0.717, 1.165) is 44.3 Å². The smallest absolute Gasteiger partial charge is 0.410 e. The van der Waals surface area contributed by atoms with Crippen molar-refractivity contribution in [2.75, 3.05) is 19.7 Å². The van der Waals surface area contributed by atoms with Crippen LogP contribution in [0.2, 0.25) is 0 Å². The fraction of sp³-hybridized carbons (Fsp3) is 0.591. The number of carboxylic acids is 1. The summed E-state index contributed by atoms with van der Waals surface area (Å²) in [5.41, 5.74) is 0.986. The van der Waals surface area contributed by atoms with E-state index in [2.05, 4.69) is 0 Å². The minimum Gasteiger partial charge on any atom is -0.481 e. The Balaban J connectivity index is 1.28. The lowest BCUT2D eigenvalue weighted by Gasteiger charge is -2.31. The minimum absolute atomic E-state index is 0.0672. The van der Waals surface area contributed by atoms with E-state index in [9.17, 15) is 14.4 Å². The molecule has 2 fully saturated rings. The van der Waals surface area contributed by atoms with Crippen LogP contribution in [0.4, 0.5) is 4.79 Å². The molecule has 29 heavy (non-hydrogen) atoms. The average molecular weight is 403 g/mol. The highest BCUT2D eigenvalue weighted by atomic mass is 16.6. The number of piperidine rings is 1. The Morgan fingerprint density at radius 2 is 1.76 bits per heavy atom. The van der Waals surface area contributed by atoms with Gasteiger partial charge in [-0.15, -0.1) is 0 Å². The third kappa shape index (κ3) is 6.76. The number of benzene rings is 1. The second-order valence-electron chi connectivity index (χ2n) is 7.93. The van der Waals surface area contributed by atoms with Crippen molar-refractivity contribution in [1.82, 2.24) is 4.90 Å². The third-order valence-electron chi connectivity index (χ3n) is 5.88. The lowest BCUT2D eigenvalue weighted by atomic mass is 9.91. The van der Waals surface area contributed by atoms with Gasteiger partial charge in [0.2, 0.25) is 0 Å². The summed E-state index contributed by atoms with van der Waals surface area (Å²) in [5.74, 6) is 0.409. The van der Waals surface area contributed by atoms with Gasteiger partial charge in [-0.2, -0.15) is 0 Å². The van der Waals surface area contributed by atoms with Gasteiger partial charge < -0.3 is 19.5 Å². The SMILES string of the molecule is O=C(O)CCC(=O)OCCC1CC1C1CCN(C(=O)OCc2ccccc2)CC1. The lowest BCUT2D eigenvalue weighted by molar-refractivity contribution is -0.147. The van der Waals surface area contributed by atoms with Crippen molar-refractivity contribution in [2.45, 2.75) is 45.1 Å². The number of rotatable bonds is 9. The first-order valence-electron chi connectivity index (χ1n) is 10.4. The number of ether oxygens (including phenoxy) is 2. The molecule has 1 amide bonds. The number of likely N-dealkylation sites (tertiary alicyclic amines) is 1. The molecule has 0 spiro atoms. The van der Waals surface area contributed by atoms with Gasteiger partial charge in [-0.1, -0.05) is 30.3 Å². The Kier molecular flexibility index (Phi) is 7.49. The molecular formula is C22H29NO6. The number of aliphatic carboxylic acids is 1. The third-order valence-corrected chi connectivity index (χ3v) is 5.88. The van der Waals surface area contributed by atoms with Crippen molar-refractivity contribution in [2.24, 2.45) is 17.8 Å². The zero-order valence-corrected chi connectivity index (χ0v) is 16.6. The maximum Gasteiger partial charge on any atom is 0.410 e. The number of carbonyl (C=O) groups excluding carboxylic acids is 2. The summed E-state index contributed by atoms with van der Waals surface area (Å²) in [6.45, 7) is 2.12. The molecule has 1 N–H and O–H groups in total. The van der Waals surface area contributed by atoms with Crippen LogP contribution in [0.3, 0.4) is 0 Å². The van der Waals surface area contributed by atoms with Crippen LogP contribution in [-0.4, -0.2) is 47.7 Å². The summed E-state index contributed by atoms with van der Waals surface area (Å²) in [6.07, 6.45) is 3.46. The zero-order valence-electron chi connectivity index (χ0n) is 16.6. The van der Waals surface area contributed by atoms with Crippen LogP contribution in [-0.2, 0) is 25.7 Å². The van der Waals surface area contributed by atoms with E-state index in [1.165, 1.54) is 0 Å². The van der Waals surface area contributed by atoms with E-state index in [-0.39, 0.29) is 18.9 Å². The standard InChI is InChI=1S/C22H29NO6/c24-20(25)6-7-21(26)28-13-10-18-14-19(18)17-8-11-23(12-9-17)22(27)29-15-16-4-2-1-3-5-16/h1-5,17-19H,6-15H2,(H,24,25). The van der Waals surface area contributed by atoms with Gasteiger partial charge in [-0.25, -0.2) is 4.79 Å². The summed E-state index contributed by atoms with van der Waals surface area (Å²) < 4.78 is 10.5. The van der Waals surface area contributed by atoms with Crippen LogP contribution in [0.15, 0.2) is 30.3 Å². The molecule has 1 saturated carbocycles. The maximum absolute atomic E-state index is 12.2. The Morgan fingerprint density at radius 1 is 1.03 bits per heavy atom. The fourth-order valence-corrected chi connectivity index (χ4v) is 4.11. The maximum atomic E-state index is 12.2. The molecule has 7 heteroatoms. The highest BCUT2D eigenvalue weighted by Crippen LogP contribution is 2.49. The molecule has 1 aromatic rings. The summed E-state index contributed by atoms with van der Waals surface area (Å²) in [6, 6.07) is 9.67. The molecular weight excluding hydrogens is 374 g/mol. The van der Waals surface area contributed by atoms with Gasteiger partial charge in [0, 0.05) is 13.1 Å². The molecule has 1 aliphatic carbocycles. The highest BCUT2D eigenvalue weighted by molar-refractivity contribution is 5.76. The number of amides is 1. The molecule has 3 rings (SSSR count). The predicted octanol–water partition coefficient (Wildman–Crippen LogP) is 3.47. The molecule has 0 radical (unpaired) electrons. The Bertz CT molecular complexity index is 699. The van der Waals surface area contributed by atoms with Gasteiger partial charge in [0.15, 0.2) is 0 Å². The first kappa shape index (κ1) is 21.1. The van der Waals surface area contributed by atoms with Crippen LogP contribution < -0.4 is 0 Å². The largest absolute Gasteiger partial charge is 0.481 e. The van der Waals surface area contributed by atoms with Crippen molar-refractivity contribution in [3.63, 3.8) is 0 Å². The molecule has 0 aromatic heterocycles. The first-order valence-corrected chi connectivity index (χ1v) is 10.4. The molecule has 2 atom stereocenters. The Hall–Kier alpha value is -2.57. The molecule has 1 aliphatic heterocycles. The number of esters is 1. The monoisotopic (exact) mass is 403 g/mol. The van der Waals surface area contributed by atoms with Crippen LogP contribution in [0, 0.1) is 17.8 Å². The van der Waals surface area contributed by atoms with Crippen molar-refractivity contribution in [3.05, 3.63) is 35.9 Å². The van der Waals surface area contributed by atoms with E-state index < -0.39 is 11.9 Å². The number of hydrogen-bond acceptors (Lipinski definition) is 5. The number of hydrogen-bond donors (Lipinski definition) is 1. The van der Waals surface area contributed by atoms with Crippen LogP contribution in [0.1, 0.15) is 44.1 Å². The van der Waals surface area contributed by atoms with Gasteiger partial charge in [-0.3, -0.25) is 9.59 Å². The van der Waals surface area contributed by atoms with Crippen LogP contribution in [0.5, 0.6) is 0 Å². The van der Waals surface area contributed by atoms with Crippen LogP contribution in [0.25, 0.3) is 0 Å². The van der Waals surface area contributed by atoms with Gasteiger partial charge in [0.05, 0.1) is 19.4 Å². The second kappa shape index (κ2) is 10.3. The molecule has 7 nitrogen and oxygen atoms in total. The summed E-state index contributed by atoms with van der Waals surface area (Å²) in [5, 5.41) is 8.56. The number of nitrogens with zero attached hydrogens (tertiary/aromatic N) is 1. The molecule has 2 unspecified atom stereocenters. The Labute approximate surface area is 171 Å². The van der Waals surface area contributed by atoms with Gasteiger partial charge in [0.1, 0.15) is 6.61 Å². The topological polar surface area (TPSA) is 93.1 Å². The average Bonchev–Trinajstić information content (AvgIpc) is 3.51. The van der Waals surface area contributed by atoms with E-state index in [4.69, 9.17) is 14.6 Å². The van der Waals surface area contributed by atoms with Crippen molar-refractivity contribution in [3.8, 4) is 0 Å². The normalized spacial score (nSPS) is 21.4. The molecule has 158 valence electrons. The van der Waals surface area contributed by atoms with E-state index >= 15 is 0 Å². The van der Waals surface area contributed by atoms with Gasteiger partial charge in [0.25, 0.3) is 0 Å². The minimum atomic E-state index is -0.987. The number of carboxylic acid groups (broad SMARTS) is 1. The van der Waals surface area contributed by atoms with Crippen molar-refractivity contribution in [1.29, 1.82) is 0 Å². The van der Waals surface area contributed by atoms with Crippen molar-refractivity contribution >= 4 is 18.0 Å². The Morgan fingerprint density at radius 3 is 2.45 bits per heavy atom. The molecule has 1 aromatic carbocycles. The van der Waals surface area contributed by atoms with E-state index in [1.807, 2.05) is 30.3 Å². The summed E-state index contributed by atoms with van der Waals surface area (Å²) in [7, 11) is 0. The van der Waals surface area contributed by atoms with Gasteiger partial charge in [-0.05, 0) is 49.0 Å². The number of carbonyl (C=O) groups is 3. The van der Waals surface area contributed by atoms with E-state index in [0.29, 0.717) is 31.0 Å². The molecule has 2 aliphatic rings. The van der Waals surface area contributed by atoms with E-state index in [1.54, 1.807) is 4.90 Å². The molecule has 1 saturated heterocycles. The highest BCUT2D eigenvalue weighted by Gasteiger charge is 2.43. The zero-order chi connectivity index (χ0) is 20.6. The quantitative estimate of drug-likeness (QED) is 0.635.